The van der Waals surface area contributed by atoms with Gasteiger partial charge in [-0.25, -0.2) is 0 Å². The van der Waals surface area contributed by atoms with Gasteiger partial charge in [-0.05, 0) is 30.9 Å². The van der Waals surface area contributed by atoms with Crippen LogP contribution in [0.25, 0.3) is 0 Å². The minimum atomic E-state index is -0.266. The third kappa shape index (κ3) is 3.75. The van der Waals surface area contributed by atoms with Gasteiger partial charge in [0.25, 0.3) is 5.91 Å². The maximum Gasteiger partial charge on any atom is 0.255 e. The highest BCUT2D eigenvalue weighted by Gasteiger charge is 2.20. The number of aromatic hydroxyl groups is 1. The van der Waals surface area contributed by atoms with Gasteiger partial charge < -0.3 is 15.2 Å². The van der Waals surface area contributed by atoms with Crippen molar-refractivity contribution in [3.63, 3.8) is 0 Å². The van der Waals surface area contributed by atoms with E-state index in [1.165, 1.54) is 18.9 Å². The molecule has 0 aromatic heterocycles. The van der Waals surface area contributed by atoms with Crippen LogP contribution in [0.4, 0.5) is 0 Å². The van der Waals surface area contributed by atoms with E-state index in [1.54, 1.807) is 18.2 Å². The van der Waals surface area contributed by atoms with Gasteiger partial charge in [0, 0.05) is 13.2 Å². The van der Waals surface area contributed by atoms with E-state index in [1.807, 2.05) is 0 Å². The first-order valence-electron chi connectivity index (χ1n) is 5.91. The standard InChI is InChI=1S/C13H17NO3/c15-12-4-2-1-3-11(12)13(16)14-7-8-17-9-10-5-6-10/h1-4,10,15H,5-9H2,(H,14,16). The van der Waals surface area contributed by atoms with Crippen LogP contribution in [0.15, 0.2) is 24.3 Å². The number of amides is 1. The summed E-state index contributed by atoms with van der Waals surface area (Å²) in [6, 6.07) is 6.50. The molecule has 0 heterocycles. The van der Waals surface area contributed by atoms with Crippen LogP contribution < -0.4 is 5.32 Å². The van der Waals surface area contributed by atoms with Crippen molar-refractivity contribution in [2.24, 2.45) is 5.92 Å². The molecule has 1 aromatic rings. The van der Waals surface area contributed by atoms with Gasteiger partial charge in [0.05, 0.1) is 12.2 Å². The molecule has 0 unspecified atom stereocenters. The number of carbonyl (C=O) groups is 1. The molecule has 17 heavy (non-hydrogen) atoms. The van der Waals surface area contributed by atoms with E-state index in [-0.39, 0.29) is 11.7 Å². The van der Waals surface area contributed by atoms with E-state index in [2.05, 4.69) is 5.32 Å². The van der Waals surface area contributed by atoms with Crippen molar-refractivity contribution in [2.75, 3.05) is 19.8 Å². The van der Waals surface area contributed by atoms with Gasteiger partial charge in [0.1, 0.15) is 5.75 Å². The van der Waals surface area contributed by atoms with E-state index < -0.39 is 0 Å². The second-order valence-corrected chi connectivity index (χ2v) is 4.29. The molecule has 1 saturated carbocycles. The van der Waals surface area contributed by atoms with Gasteiger partial charge in [0.2, 0.25) is 0 Å². The van der Waals surface area contributed by atoms with Crippen molar-refractivity contribution in [3.8, 4) is 5.75 Å². The number of para-hydroxylation sites is 1. The fourth-order valence-corrected chi connectivity index (χ4v) is 1.53. The summed E-state index contributed by atoms with van der Waals surface area (Å²) in [5.41, 5.74) is 0.301. The molecule has 1 amide bonds. The third-order valence-corrected chi connectivity index (χ3v) is 2.73. The number of benzene rings is 1. The number of ether oxygens (including phenoxy) is 1. The Kier molecular flexibility index (Phi) is 3.98. The molecular formula is C13H17NO3. The largest absolute Gasteiger partial charge is 0.507 e. The number of phenols is 1. The Balaban J connectivity index is 1.67. The molecule has 0 saturated heterocycles. The van der Waals surface area contributed by atoms with Crippen LogP contribution >= 0.6 is 0 Å². The predicted molar refractivity (Wildman–Crippen MR) is 64.0 cm³/mol. The summed E-state index contributed by atoms with van der Waals surface area (Å²) in [6.07, 6.45) is 2.54. The molecule has 4 heteroatoms. The van der Waals surface area contributed by atoms with E-state index in [4.69, 9.17) is 4.74 Å². The van der Waals surface area contributed by atoms with Gasteiger partial charge in [0.15, 0.2) is 0 Å². The monoisotopic (exact) mass is 235 g/mol. The molecular weight excluding hydrogens is 218 g/mol. The molecule has 92 valence electrons. The average molecular weight is 235 g/mol. The van der Waals surface area contributed by atoms with Crippen LogP contribution in [-0.4, -0.2) is 30.8 Å². The summed E-state index contributed by atoms with van der Waals surface area (Å²) in [5, 5.41) is 12.2. The molecule has 0 radical (unpaired) electrons. The first kappa shape index (κ1) is 11.9. The third-order valence-electron chi connectivity index (χ3n) is 2.73. The maximum absolute atomic E-state index is 11.6. The van der Waals surface area contributed by atoms with Crippen molar-refractivity contribution in [3.05, 3.63) is 29.8 Å². The first-order chi connectivity index (χ1) is 8.27. The van der Waals surface area contributed by atoms with Crippen LogP contribution in [0.3, 0.4) is 0 Å². The Labute approximate surface area is 101 Å². The molecule has 4 nitrogen and oxygen atoms in total. The Bertz CT molecular complexity index is 388. The summed E-state index contributed by atoms with van der Waals surface area (Å²) in [6.45, 7) is 1.79. The van der Waals surface area contributed by atoms with Gasteiger partial charge in [-0.3, -0.25) is 4.79 Å². The molecule has 0 bridgehead atoms. The lowest BCUT2D eigenvalue weighted by molar-refractivity contribution is 0.0904. The lowest BCUT2D eigenvalue weighted by atomic mass is 10.2. The molecule has 0 aliphatic heterocycles. The summed E-state index contributed by atoms with van der Waals surface area (Å²) in [4.78, 5) is 11.6. The lowest BCUT2D eigenvalue weighted by Crippen LogP contribution is -2.27. The van der Waals surface area contributed by atoms with Gasteiger partial charge >= 0.3 is 0 Å². The second kappa shape index (κ2) is 5.68. The van der Waals surface area contributed by atoms with Crippen LogP contribution in [0.1, 0.15) is 23.2 Å². The van der Waals surface area contributed by atoms with Crippen LogP contribution in [-0.2, 0) is 4.74 Å². The Hall–Kier alpha value is -1.55. The molecule has 1 fully saturated rings. The highest BCUT2D eigenvalue weighted by Crippen LogP contribution is 2.28. The highest BCUT2D eigenvalue weighted by atomic mass is 16.5. The highest BCUT2D eigenvalue weighted by molar-refractivity contribution is 5.96. The lowest BCUT2D eigenvalue weighted by Gasteiger charge is -2.07. The number of phenolic OH excluding ortho intramolecular Hbond substituents is 1. The van der Waals surface area contributed by atoms with Crippen molar-refractivity contribution in [1.82, 2.24) is 5.32 Å². The minimum absolute atomic E-state index is 0.00361. The number of hydrogen-bond donors (Lipinski definition) is 2. The second-order valence-electron chi connectivity index (χ2n) is 4.29. The van der Waals surface area contributed by atoms with Crippen molar-refractivity contribution >= 4 is 5.91 Å². The maximum atomic E-state index is 11.6. The normalized spacial score (nSPS) is 14.6. The number of nitrogens with one attached hydrogen (secondary N) is 1. The summed E-state index contributed by atoms with van der Waals surface area (Å²) < 4.78 is 5.40. The number of hydrogen-bond acceptors (Lipinski definition) is 3. The Morgan fingerprint density at radius 2 is 2.18 bits per heavy atom. The summed E-state index contributed by atoms with van der Waals surface area (Å²) >= 11 is 0. The quantitative estimate of drug-likeness (QED) is 0.735. The summed E-state index contributed by atoms with van der Waals surface area (Å²) in [7, 11) is 0. The molecule has 0 spiro atoms. The smallest absolute Gasteiger partial charge is 0.255 e. The Morgan fingerprint density at radius 1 is 1.41 bits per heavy atom. The first-order valence-corrected chi connectivity index (χ1v) is 5.91. The van der Waals surface area contributed by atoms with Gasteiger partial charge in [-0.2, -0.15) is 0 Å². The van der Waals surface area contributed by atoms with Gasteiger partial charge in [-0.15, -0.1) is 0 Å². The predicted octanol–water partition coefficient (Wildman–Crippen LogP) is 1.55. The van der Waals surface area contributed by atoms with Crippen molar-refractivity contribution in [1.29, 1.82) is 0 Å². The number of carbonyl (C=O) groups excluding carboxylic acids is 1. The minimum Gasteiger partial charge on any atom is -0.507 e. The fourth-order valence-electron chi connectivity index (χ4n) is 1.53. The van der Waals surface area contributed by atoms with E-state index in [9.17, 15) is 9.90 Å². The van der Waals surface area contributed by atoms with E-state index in [0.29, 0.717) is 18.7 Å². The summed E-state index contributed by atoms with van der Waals surface area (Å²) in [5.74, 6) is 0.478. The zero-order chi connectivity index (χ0) is 12.1. The van der Waals surface area contributed by atoms with Gasteiger partial charge in [-0.1, -0.05) is 12.1 Å². The van der Waals surface area contributed by atoms with Crippen LogP contribution in [0, 0.1) is 5.92 Å². The molecule has 1 aromatic carbocycles. The Morgan fingerprint density at radius 3 is 2.88 bits per heavy atom. The molecule has 2 N–H and O–H groups in total. The molecule has 1 aliphatic carbocycles. The van der Waals surface area contributed by atoms with E-state index in [0.717, 1.165) is 12.5 Å². The fraction of sp³-hybridized carbons (Fsp3) is 0.462. The molecule has 1 aliphatic rings. The zero-order valence-corrected chi connectivity index (χ0v) is 9.69. The number of rotatable bonds is 6. The van der Waals surface area contributed by atoms with E-state index >= 15 is 0 Å². The molecule has 0 atom stereocenters. The van der Waals surface area contributed by atoms with Crippen LogP contribution in [0.5, 0.6) is 5.75 Å². The SMILES string of the molecule is O=C(NCCOCC1CC1)c1ccccc1O. The molecule has 2 rings (SSSR count). The topological polar surface area (TPSA) is 58.6 Å². The van der Waals surface area contributed by atoms with Crippen LogP contribution in [0.2, 0.25) is 0 Å². The zero-order valence-electron chi connectivity index (χ0n) is 9.69. The average Bonchev–Trinajstić information content (AvgIpc) is 3.13. The van der Waals surface area contributed by atoms with Crippen molar-refractivity contribution < 1.29 is 14.6 Å². The van der Waals surface area contributed by atoms with Crippen molar-refractivity contribution in [2.45, 2.75) is 12.8 Å².